The van der Waals surface area contributed by atoms with Crippen LogP contribution in [0.3, 0.4) is 0 Å². The first-order valence-corrected chi connectivity index (χ1v) is 21.3. The van der Waals surface area contributed by atoms with Gasteiger partial charge in [0.25, 0.3) is 0 Å². The third kappa shape index (κ3) is 13.3. The minimum Gasteiger partial charge on any atom is -0.481 e. The maximum absolute atomic E-state index is 12.6. The Labute approximate surface area is 350 Å². The zero-order valence-electron chi connectivity index (χ0n) is 34.0. The van der Waals surface area contributed by atoms with Crippen LogP contribution in [0.25, 0.3) is 0 Å². The van der Waals surface area contributed by atoms with Crippen molar-refractivity contribution < 1.29 is 73.7 Å². The number of carboxylic acid groups (broad SMARTS) is 1. The molecule has 4 aliphatic rings. The van der Waals surface area contributed by atoms with Gasteiger partial charge in [0.1, 0.15) is 30.0 Å². The lowest BCUT2D eigenvalue weighted by atomic mass is 9.83. The fraction of sp³-hybridized carbons (Fsp3) is 0.571. The Morgan fingerprint density at radius 1 is 0.917 bits per heavy atom. The highest BCUT2D eigenvalue weighted by molar-refractivity contribution is 7.45. The minimum atomic E-state index is -2.66. The molecule has 0 radical (unpaired) electrons. The molecular formula is C42H59N2O15P. The molecule has 0 amide bonds. The number of hydrogen-bond acceptors (Lipinski definition) is 16. The maximum Gasteiger partial charge on any atom is 0.330 e. The minimum absolute atomic E-state index is 0.0429. The molecule has 18 heteroatoms. The van der Waals surface area contributed by atoms with Crippen molar-refractivity contribution in [3.63, 3.8) is 0 Å². The van der Waals surface area contributed by atoms with Gasteiger partial charge >= 0.3 is 11.9 Å². The van der Waals surface area contributed by atoms with Gasteiger partial charge in [-0.25, -0.2) is 4.79 Å². The highest BCUT2D eigenvalue weighted by Crippen LogP contribution is 2.44. The van der Waals surface area contributed by atoms with E-state index in [1.54, 1.807) is 80.6 Å². The van der Waals surface area contributed by atoms with Gasteiger partial charge in [0.05, 0.1) is 48.8 Å². The summed E-state index contributed by atoms with van der Waals surface area (Å²) in [7, 11) is 1.06. The van der Waals surface area contributed by atoms with Gasteiger partial charge in [0.2, 0.25) is 0 Å². The zero-order chi connectivity index (χ0) is 43.7. The fourth-order valence-corrected chi connectivity index (χ4v) is 8.35. The summed E-state index contributed by atoms with van der Waals surface area (Å²) in [6.07, 6.45) is 3.73. The Balaban J connectivity index is 1.40. The molecule has 332 valence electrons. The Morgan fingerprint density at radius 3 is 2.27 bits per heavy atom. The largest absolute Gasteiger partial charge is 0.481 e. The van der Waals surface area contributed by atoms with Crippen molar-refractivity contribution in [3.8, 4) is 0 Å². The quantitative estimate of drug-likeness (QED) is 0.103. The smallest absolute Gasteiger partial charge is 0.330 e. The predicted molar refractivity (Wildman–Crippen MR) is 219 cm³/mol. The molecule has 4 heterocycles. The molecule has 1 aromatic rings. The number of carbonyl (C=O) groups is 2. The molecule has 3 fully saturated rings. The van der Waals surface area contributed by atoms with Crippen molar-refractivity contribution in [3.05, 3.63) is 90.6 Å². The summed E-state index contributed by atoms with van der Waals surface area (Å²) in [6, 6.07) is 5.78. The molecule has 2 bridgehead atoms. The molecule has 1 unspecified atom stereocenters. The number of aliphatic carboxylic acids is 1. The van der Waals surface area contributed by atoms with Crippen molar-refractivity contribution in [2.45, 2.75) is 131 Å². The second-order valence-electron chi connectivity index (χ2n) is 15.9. The Kier molecular flexibility index (Phi) is 17.2. The van der Waals surface area contributed by atoms with Gasteiger partial charge in [-0.3, -0.25) is 10.1 Å². The first-order chi connectivity index (χ1) is 28.4. The standard InChI is InChI=1S/C42H59N2O15P/c1-24-12-10-8-6-5-7-9-11-13-29(57-41-38(49)36(37(48)25(2)56-41)43-39(60(53)54)26-14-16-27(17-15-26)44(3)4)21-33-35(40(50)51)30(46)23-42(52,59-33)22-28(45)20-32-31(58-32)18-19-34(47)55-24/h5-11,13-19,24-25,28-33,35-39,41,43,45-46,48-49,52-54H,12,20-23H2,1-4H3,(H,50,51)/b6-5+,9-7+,10-8+,13-11+,19-18+/t24-,25-,28+,29+,30+,31-,32-,33+,35-,36+,37-,38+,39?,41+,42-/m1/s1. The summed E-state index contributed by atoms with van der Waals surface area (Å²) in [6.45, 7) is 3.31. The van der Waals surface area contributed by atoms with Crippen LogP contribution in [0.2, 0.25) is 0 Å². The summed E-state index contributed by atoms with van der Waals surface area (Å²) in [4.78, 5) is 47.6. The van der Waals surface area contributed by atoms with Crippen LogP contribution >= 0.6 is 8.38 Å². The number of carboxylic acids is 1. The lowest BCUT2D eigenvalue weighted by Gasteiger charge is -2.46. The maximum atomic E-state index is 12.6. The van der Waals surface area contributed by atoms with E-state index < -0.39 is 124 Å². The van der Waals surface area contributed by atoms with Gasteiger partial charge in [-0.2, -0.15) is 0 Å². The highest BCUT2D eigenvalue weighted by atomic mass is 31.2. The molecule has 17 nitrogen and oxygen atoms in total. The lowest BCUT2D eigenvalue weighted by molar-refractivity contribution is -0.309. The second-order valence-corrected chi connectivity index (χ2v) is 17.1. The second kappa shape index (κ2) is 21.6. The van der Waals surface area contributed by atoms with Crippen molar-refractivity contribution in [2.24, 2.45) is 5.92 Å². The first-order valence-electron chi connectivity index (χ1n) is 20.0. The molecule has 0 aromatic heterocycles. The topological polar surface area (TPSA) is 261 Å². The number of cyclic esters (lactones) is 1. The number of aliphatic hydroxyl groups excluding tert-OH is 4. The molecule has 0 spiro atoms. The van der Waals surface area contributed by atoms with Crippen LogP contribution in [0.15, 0.2) is 85.0 Å². The number of aliphatic hydroxyl groups is 5. The van der Waals surface area contributed by atoms with E-state index in [1.165, 1.54) is 12.2 Å². The van der Waals surface area contributed by atoms with Crippen molar-refractivity contribution in [2.75, 3.05) is 19.0 Å². The number of anilines is 1. The number of nitrogens with one attached hydrogen (secondary N) is 1. The van der Waals surface area contributed by atoms with E-state index in [0.717, 1.165) is 5.69 Å². The van der Waals surface area contributed by atoms with Crippen molar-refractivity contribution in [1.29, 1.82) is 0 Å². The van der Waals surface area contributed by atoms with E-state index in [-0.39, 0.29) is 12.8 Å². The van der Waals surface area contributed by atoms with E-state index in [4.69, 9.17) is 23.7 Å². The molecular weight excluding hydrogens is 803 g/mol. The number of epoxide rings is 1. The monoisotopic (exact) mass is 862 g/mol. The number of esters is 1. The van der Waals surface area contributed by atoms with Crippen LogP contribution in [-0.4, -0.2) is 146 Å². The highest BCUT2D eigenvalue weighted by Gasteiger charge is 2.52. The van der Waals surface area contributed by atoms with E-state index in [9.17, 15) is 50.0 Å². The van der Waals surface area contributed by atoms with E-state index in [0.29, 0.717) is 12.0 Å². The van der Waals surface area contributed by atoms with Crippen molar-refractivity contribution >= 4 is 26.0 Å². The van der Waals surface area contributed by atoms with Gasteiger partial charge in [0, 0.05) is 58.0 Å². The number of ether oxygens (including phenoxy) is 5. The molecule has 9 N–H and O–H groups in total. The lowest BCUT2D eigenvalue weighted by Crippen LogP contribution is -2.63. The molecule has 5 rings (SSSR count). The van der Waals surface area contributed by atoms with Crippen LogP contribution in [0, 0.1) is 5.92 Å². The molecule has 15 atom stereocenters. The normalized spacial score (nSPS) is 40.1. The summed E-state index contributed by atoms with van der Waals surface area (Å²) >= 11 is 0. The summed E-state index contributed by atoms with van der Waals surface area (Å²) in [5.41, 5.74) is 1.36. The fourth-order valence-electron chi connectivity index (χ4n) is 7.60. The molecule has 3 saturated heterocycles. The number of rotatable bonds is 8. The number of nitrogens with zero attached hydrogens (tertiary/aromatic N) is 1. The average Bonchev–Trinajstić information content (AvgIpc) is 3.91. The van der Waals surface area contributed by atoms with Gasteiger partial charge in [-0.1, -0.05) is 60.7 Å². The average molecular weight is 863 g/mol. The number of hydrogen-bond donors (Lipinski definition) is 9. The summed E-state index contributed by atoms with van der Waals surface area (Å²) in [5.74, 6) is -6.74. The molecule has 60 heavy (non-hydrogen) atoms. The van der Waals surface area contributed by atoms with Gasteiger partial charge < -0.3 is 69.0 Å². The summed E-state index contributed by atoms with van der Waals surface area (Å²) < 4.78 is 29.2. The number of allylic oxidation sites excluding steroid dienone is 6. The van der Waals surface area contributed by atoms with Crippen LogP contribution in [0.4, 0.5) is 5.69 Å². The molecule has 4 aliphatic heterocycles. The Morgan fingerprint density at radius 2 is 1.60 bits per heavy atom. The van der Waals surface area contributed by atoms with E-state index in [1.807, 2.05) is 25.1 Å². The third-order valence-electron chi connectivity index (χ3n) is 10.8. The predicted octanol–water partition coefficient (Wildman–Crippen LogP) is 1.81. The van der Waals surface area contributed by atoms with Gasteiger partial charge in [-0.05, 0) is 37.6 Å². The molecule has 0 saturated carbocycles. The molecule has 0 aliphatic carbocycles. The van der Waals surface area contributed by atoms with Crippen LogP contribution < -0.4 is 10.2 Å². The van der Waals surface area contributed by atoms with Crippen LogP contribution in [0.1, 0.15) is 57.3 Å². The third-order valence-corrected chi connectivity index (χ3v) is 11.7. The van der Waals surface area contributed by atoms with Crippen LogP contribution in [0.5, 0.6) is 0 Å². The zero-order valence-corrected chi connectivity index (χ0v) is 34.9. The molecule has 1 aromatic carbocycles. The van der Waals surface area contributed by atoms with E-state index >= 15 is 0 Å². The van der Waals surface area contributed by atoms with Crippen molar-refractivity contribution in [1.82, 2.24) is 5.32 Å². The first kappa shape index (κ1) is 47.7. The summed E-state index contributed by atoms with van der Waals surface area (Å²) in [5, 5.41) is 69.8. The van der Waals surface area contributed by atoms with Crippen LogP contribution in [-0.2, 0) is 33.3 Å². The Bertz CT molecular complexity index is 1720. The number of benzene rings is 1. The van der Waals surface area contributed by atoms with E-state index in [2.05, 4.69) is 5.32 Å². The van der Waals surface area contributed by atoms with Gasteiger partial charge in [0.15, 0.2) is 20.5 Å². The number of fused-ring (bicyclic) bond motifs is 3. The van der Waals surface area contributed by atoms with Gasteiger partial charge in [-0.15, -0.1) is 0 Å². The number of carbonyl (C=O) groups excluding carboxylic acids is 1. The SMILES string of the molecule is C[C@@H]1C/C=C/C=C/C=C/C=C/[C@H](O[C@@H]2O[C@H](C)[C@@H](O)[C@H](NC(c3ccc(N(C)C)cc3)P(O)O)[C@@H]2O)C[C@@H]2O[C@](O)(C[C@@H](O)C[C@H]3O[C@@H]3/C=C/C(=O)O1)C[C@H](O)[C@H]2C(=O)O. The Hall–Kier alpha value is -3.39.